The summed E-state index contributed by atoms with van der Waals surface area (Å²) in [6.07, 6.45) is 2.85. The Hall–Kier alpha value is -4.46. The molecule has 0 amide bonds. The van der Waals surface area contributed by atoms with E-state index in [1.807, 2.05) is 54.0 Å². The predicted octanol–water partition coefficient (Wildman–Crippen LogP) is 5.39. The summed E-state index contributed by atoms with van der Waals surface area (Å²) in [7, 11) is 0. The van der Waals surface area contributed by atoms with Gasteiger partial charge < -0.3 is 9.63 Å². The number of benzene rings is 3. The molecule has 0 spiro atoms. The number of aromatic amines is 1. The molecule has 3 aromatic carbocycles. The van der Waals surface area contributed by atoms with Crippen LogP contribution in [0.2, 0.25) is 0 Å². The SMILES string of the molecule is CCCCc1cc(-n2c(C)nc3cccc(C(=O)O)c32)ccc1-c1ccccc1-c1nc(=O)o[nH]1. The van der Waals surface area contributed by atoms with Crippen LogP contribution in [0.25, 0.3) is 39.2 Å². The summed E-state index contributed by atoms with van der Waals surface area (Å²) in [6.45, 7) is 4.02. The second-order valence-electron chi connectivity index (χ2n) is 8.39. The van der Waals surface area contributed by atoms with Crippen molar-refractivity contribution in [3.05, 3.63) is 88.2 Å². The number of carboxylic acid groups (broad SMARTS) is 1. The first kappa shape index (κ1) is 22.3. The largest absolute Gasteiger partial charge is 0.478 e. The van der Waals surface area contributed by atoms with Gasteiger partial charge in [0.25, 0.3) is 0 Å². The van der Waals surface area contributed by atoms with Gasteiger partial charge in [-0.05, 0) is 60.7 Å². The molecule has 0 aliphatic heterocycles. The summed E-state index contributed by atoms with van der Waals surface area (Å²) >= 11 is 0. The number of imidazole rings is 1. The molecule has 5 aromatic rings. The van der Waals surface area contributed by atoms with Crippen LogP contribution < -0.4 is 5.76 Å². The minimum absolute atomic E-state index is 0.211. The second kappa shape index (κ2) is 9.06. The van der Waals surface area contributed by atoms with Crippen LogP contribution in [0.15, 0.2) is 70.0 Å². The van der Waals surface area contributed by atoms with Gasteiger partial charge in [-0.3, -0.25) is 4.57 Å². The minimum Gasteiger partial charge on any atom is -0.478 e. The Kier molecular flexibility index (Phi) is 5.78. The average molecular weight is 469 g/mol. The first-order valence-corrected chi connectivity index (χ1v) is 11.5. The smallest absolute Gasteiger partial charge is 0.460 e. The van der Waals surface area contributed by atoms with E-state index in [1.165, 1.54) is 0 Å². The Morgan fingerprint density at radius 1 is 1.03 bits per heavy atom. The van der Waals surface area contributed by atoms with Crippen LogP contribution in [-0.4, -0.2) is 30.8 Å². The number of H-pyrrole nitrogens is 1. The van der Waals surface area contributed by atoms with Crippen LogP contribution >= 0.6 is 0 Å². The highest BCUT2D eigenvalue weighted by atomic mass is 16.5. The molecule has 2 heterocycles. The lowest BCUT2D eigenvalue weighted by Gasteiger charge is -2.16. The number of aromatic carboxylic acids is 1. The lowest BCUT2D eigenvalue weighted by Crippen LogP contribution is -2.04. The Balaban J connectivity index is 1.72. The topological polar surface area (TPSA) is 114 Å². The quantitative estimate of drug-likeness (QED) is 0.331. The van der Waals surface area contributed by atoms with Gasteiger partial charge in [0.05, 0.1) is 16.6 Å². The fourth-order valence-electron chi connectivity index (χ4n) is 4.56. The van der Waals surface area contributed by atoms with Crippen molar-refractivity contribution in [2.75, 3.05) is 0 Å². The molecule has 0 aliphatic rings. The maximum absolute atomic E-state index is 11.9. The van der Waals surface area contributed by atoms with E-state index >= 15 is 0 Å². The molecule has 0 fully saturated rings. The van der Waals surface area contributed by atoms with Gasteiger partial charge >= 0.3 is 11.7 Å². The summed E-state index contributed by atoms with van der Waals surface area (Å²) in [4.78, 5) is 32.1. The maximum atomic E-state index is 11.9. The van der Waals surface area contributed by atoms with Crippen LogP contribution in [0.1, 0.15) is 41.5 Å². The van der Waals surface area contributed by atoms with E-state index in [4.69, 9.17) is 4.52 Å². The van der Waals surface area contributed by atoms with Gasteiger partial charge in [0, 0.05) is 11.3 Å². The van der Waals surface area contributed by atoms with E-state index in [0.717, 1.165) is 47.2 Å². The van der Waals surface area contributed by atoms with Gasteiger partial charge in [-0.15, -0.1) is 0 Å². The molecular weight excluding hydrogens is 444 g/mol. The Labute approximate surface area is 200 Å². The lowest BCUT2D eigenvalue weighted by atomic mass is 9.92. The van der Waals surface area contributed by atoms with Gasteiger partial charge in [-0.2, -0.15) is 10.1 Å². The highest BCUT2D eigenvalue weighted by Gasteiger charge is 2.19. The number of nitrogens with one attached hydrogen (secondary N) is 1. The maximum Gasteiger partial charge on any atom is 0.460 e. The van der Waals surface area contributed by atoms with Crippen LogP contribution in [0.5, 0.6) is 0 Å². The number of hydrogen-bond acceptors (Lipinski definition) is 5. The minimum atomic E-state index is -0.991. The highest BCUT2D eigenvalue weighted by molar-refractivity contribution is 6.02. The van der Waals surface area contributed by atoms with Crippen molar-refractivity contribution in [2.45, 2.75) is 33.1 Å². The summed E-state index contributed by atoms with van der Waals surface area (Å²) in [5.41, 5.74) is 6.09. The fourth-order valence-corrected chi connectivity index (χ4v) is 4.56. The molecule has 176 valence electrons. The Bertz CT molecular complexity index is 1610. The summed E-state index contributed by atoms with van der Waals surface area (Å²) < 4.78 is 6.71. The number of aromatic nitrogens is 4. The van der Waals surface area contributed by atoms with Crippen molar-refractivity contribution >= 4 is 17.0 Å². The number of para-hydroxylation sites is 1. The van der Waals surface area contributed by atoms with E-state index in [2.05, 4.69) is 28.1 Å². The molecule has 0 saturated carbocycles. The summed E-state index contributed by atoms with van der Waals surface area (Å²) in [6, 6.07) is 19.0. The Morgan fingerprint density at radius 2 is 1.83 bits per heavy atom. The number of carbonyl (C=O) groups is 1. The zero-order valence-electron chi connectivity index (χ0n) is 19.4. The molecule has 2 N–H and O–H groups in total. The van der Waals surface area contributed by atoms with Crippen LogP contribution in [0.4, 0.5) is 0 Å². The first-order valence-electron chi connectivity index (χ1n) is 11.5. The zero-order chi connectivity index (χ0) is 24.5. The molecule has 5 rings (SSSR count). The molecule has 2 aromatic heterocycles. The molecule has 8 nitrogen and oxygen atoms in total. The molecule has 0 radical (unpaired) electrons. The summed E-state index contributed by atoms with van der Waals surface area (Å²) in [5.74, 6) is -0.578. The van der Waals surface area contributed by atoms with Crippen LogP contribution in [0, 0.1) is 6.92 Å². The van der Waals surface area contributed by atoms with Gasteiger partial charge in [-0.1, -0.05) is 49.7 Å². The molecule has 0 unspecified atom stereocenters. The standard InChI is InChI=1S/C27H24N4O4/c1-3-4-8-17-15-18(31-16(2)28-23-12-7-11-22(24(23)31)26(32)33)13-14-19(17)20-9-5-6-10-21(20)25-29-27(34)35-30-25/h5-7,9-15H,3-4,8H2,1-2H3,(H,32,33)(H,29,30,34). The van der Waals surface area contributed by atoms with E-state index in [9.17, 15) is 14.7 Å². The van der Waals surface area contributed by atoms with Gasteiger partial charge in [0.2, 0.25) is 0 Å². The molecular formula is C27H24N4O4. The zero-order valence-corrected chi connectivity index (χ0v) is 19.4. The third-order valence-electron chi connectivity index (χ3n) is 6.13. The molecule has 0 aliphatic carbocycles. The fraction of sp³-hybridized carbons (Fsp3) is 0.185. The highest BCUT2D eigenvalue weighted by Crippen LogP contribution is 2.35. The third kappa shape index (κ3) is 4.03. The van der Waals surface area contributed by atoms with Crippen molar-refractivity contribution in [1.82, 2.24) is 19.7 Å². The number of rotatable bonds is 7. The number of carboxylic acids is 1. The van der Waals surface area contributed by atoms with Crippen molar-refractivity contribution in [3.8, 4) is 28.2 Å². The molecule has 35 heavy (non-hydrogen) atoms. The van der Waals surface area contributed by atoms with Gasteiger partial charge in [0.1, 0.15) is 5.82 Å². The van der Waals surface area contributed by atoms with Crippen molar-refractivity contribution in [2.24, 2.45) is 0 Å². The number of unbranched alkanes of at least 4 members (excludes halogenated alkanes) is 1. The van der Waals surface area contributed by atoms with Crippen molar-refractivity contribution in [3.63, 3.8) is 0 Å². The number of fused-ring (bicyclic) bond motifs is 1. The number of hydrogen-bond donors (Lipinski definition) is 2. The average Bonchev–Trinajstić information content (AvgIpc) is 3.44. The Morgan fingerprint density at radius 3 is 2.54 bits per heavy atom. The van der Waals surface area contributed by atoms with E-state index < -0.39 is 11.7 Å². The van der Waals surface area contributed by atoms with Crippen molar-refractivity contribution < 1.29 is 14.4 Å². The molecule has 8 heteroatoms. The molecule has 0 bridgehead atoms. The van der Waals surface area contributed by atoms with E-state index in [-0.39, 0.29) is 5.56 Å². The molecule has 0 atom stereocenters. The normalized spacial score (nSPS) is 11.3. The number of aryl methyl sites for hydroxylation is 2. The molecule has 0 saturated heterocycles. The summed E-state index contributed by atoms with van der Waals surface area (Å²) in [5, 5.41) is 12.4. The monoisotopic (exact) mass is 468 g/mol. The second-order valence-corrected chi connectivity index (χ2v) is 8.39. The third-order valence-corrected chi connectivity index (χ3v) is 6.13. The van der Waals surface area contributed by atoms with Crippen LogP contribution in [0.3, 0.4) is 0 Å². The van der Waals surface area contributed by atoms with Gasteiger partial charge in [0.15, 0.2) is 5.82 Å². The van der Waals surface area contributed by atoms with Gasteiger partial charge in [-0.25, -0.2) is 14.6 Å². The van der Waals surface area contributed by atoms with Crippen LogP contribution in [-0.2, 0) is 6.42 Å². The first-order chi connectivity index (χ1) is 17.0. The van der Waals surface area contributed by atoms with E-state index in [0.29, 0.717) is 22.7 Å². The van der Waals surface area contributed by atoms with Crippen molar-refractivity contribution in [1.29, 1.82) is 0 Å². The number of nitrogens with zero attached hydrogens (tertiary/aromatic N) is 3. The predicted molar refractivity (Wildman–Crippen MR) is 133 cm³/mol. The lowest BCUT2D eigenvalue weighted by molar-refractivity contribution is 0.0698. The van der Waals surface area contributed by atoms with E-state index in [1.54, 1.807) is 12.1 Å².